The first-order chi connectivity index (χ1) is 7.54. The Morgan fingerprint density at radius 2 is 2.25 bits per heavy atom. The summed E-state index contributed by atoms with van der Waals surface area (Å²) < 4.78 is 0. The molecule has 0 saturated carbocycles. The monoisotopic (exact) mass is 240 g/mol. The molecule has 0 radical (unpaired) electrons. The maximum atomic E-state index is 10.5. The Kier molecular flexibility index (Phi) is 4.61. The standard InChI is InChI=1S/C11H16N2O2S/c1-3-8(2)7-16-11-5-4-9(13(14)15)6-10(11)12/h4-6,8H,3,7,12H2,1-2H3. The Labute approximate surface area is 99.4 Å². The molecule has 0 bridgehead atoms. The number of hydrogen-bond donors (Lipinski definition) is 1. The molecule has 4 nitrogen and oxygen atoms in total. The largest absolute Gasteiger partial charge is 0.398 e. The van der Waals surface area contributed by atoms with Gasteiger partial charge in [-0.1, -0.05) is 20.3 Å². The number of rotatable bonds is 5. The number of hydrogen-bond acceptors (Lipinski definition) is 4. The summed E-state index contributed by atoms with van der Waals surface area (Å²) in [4.78, 5) is 11.0. The average molecular weight is 240 g/mol. The molecule has 0 spiro atoms. The van der Waals surface area contributed by atoms with E-state index in [4.69, 9.17) is 5.73 Å². The van der Waals surface area contributed by atoms with Crippen molar-refractivity contribution in [3.63, 3.8) is 0 Å². The Morgan fingerprint density at radius 3 is 2.75 bits per heavy atom. The molecule has 5 heteroatoms. The number of nitrogens with zero attached hydrogens (tertiary/aromatic N) is 1. The van der Waals surface area contributed by atoms with E-state index < -0.39 is 4.92 Å². The average Bonchev–Trinajstić information content (AvgIpc) is 2.26. The Bertz CT molecular complexity index is 382. The van der Waals surface area contributed by atoms with E-state index in [0.29, 0.717) is 11.6 Å². The van der Waals surface area contributed by atoms with Crippen molar-refractivity contribution in [3.05, 3.63) is 28.3 Å². The highest BCUT2D eigenvalue weighted by Gasteiger charge is 2.09. The Morgan fingerprint density at radius 1 is 1.56 bits per heavy atom. The first kappa shape index (κ1) is 12.8. The molecule has 88 valence electrons. The zero-order valence-corrected chi connectivity index (χ0v) is 10.3. The smallest absolute Gasteiger partial charge is 0.271 e. The second-order valence-corrected chi connectivity index (χ2v) is 4.87. The quantitative estimate of drug-likeness (QED) is 0.371. The maximum absolute atomic E-state index is 10.5. The molecule has 0 aromatic heterocycles. The predicted octanol–water partition coefficient (Wildman–Crippen LogP) is 3.32. The van der Waals surface area contributed by atoms with Crippen LogP contribution in [0, 0.1) is 16.0 Å². The van der Waals surface area contributed by atoms with Crippen LogP contribution in [0.15, 0.2) is 23.1 Å². The summed E-state index contributed by atoms with van der Waals surface area (Å²) in [7, 11) is 0. The summed E-state index contributed by atoms with van der Waals surface area (Å²) in [6, 6.07) is 4.63. The summed E-state index contributed by atoms with van der Waals surface area (Å²) in [6.45, 7) is 4.32. The van der Waals surface area contributed by atoms with E-state index in [0.717, 1.165) is 17.1 Å². The molecule has 0 saturated heterocycles. The van der Waals surface area contributed by atoms with E-state index in [2.05, 4.69) is 13.8 Å². The number of benzene rings is 1. The van der Waals surface area contributed by atoms with Crippen molar-refractivity contribution in [2.24, 2.45) is 5.92 Å². The van der Waals surface area contributed by atoms with Crippen LogP contribution in [0.1, 0.15) is 20.3 Å². The third kappa shape index (κ3) is 3.41. The van der Waals surface area contributed by atoms with Gasteiger partial charge in [0.25, 0.3) is 5.69 Å². The molecular weight excluding hydrogens is 224 g/mol. The van der Waals surface area contributed by atoms with Crippen LogP contribution < -0.4 is 5.73 Å². The second kappa shape index (κ2) is 5.75. The van der Waals surface area contributed by atoms with Gasteiger partial charge < -0.3 is 5.73 Å². The normalized spacial score (nSPS) is 12.4. The Hall–Kier alpha value is -1.23. The van der Waals surface area contributed by atoms with Gasteiger partial charge in [-0.05, 0) is 12.0 Å². The van der Waals surface area contributed by atoms with Crippen LogP contribution in [0.2, 0.25) is 0 Å². The summed E-state index contributed by atoms with van der Waals surface area (Å²) in [6.07, 6.45) is 1.12. The third-order valence-electron chi connectivity index (χ3n) is 2.42. The topological polar surface area (TPSA) is 69.2 Å². The van der Waals surface area contributed by atoms with Crippen molar-refractivity contribution in [1.29, 1.82) is 0 Å². The molecule has 0 heterocycles. The lowest BCUT2D eigenvalue weighted by atomic mass is 10.2. The van der Waals surface area contributed by atoms with Crippen LogP contribution in [0.5, 0.6) is 0 Å². The second-order valence-electron chi connectivity index (χ2n) is 3.80. The molecule has 0 aliphatic rings. The number of nitrogen functional groups attached to an aromatic ring is 1. The molecule has 16 heavy (non-hydrogen) atoms. The minimum Gasteiger partial charge on any atom is -0.398 e. The molecule has 0 aliphatic heterocycles. The maximum Gasteiger partial charge on any atom is 0.271 e. The molecule has 1 aromatic carbocycles. The number of nitro groups is 1. The molecule has 1 atom stereocenters. The SMILES string of the molecule is CCC(C)CSc1ccc([N+](=O)[O-])cc1N. The van der Waals surface area contributed by atoms with Gasteiger partial charge in [0.1, 0.15) is 0 Å². The summed E-state index contributed by atoms with van der Waals surface area (Å²) in [5.74, 6) is 1.61. The highest BCUT2D eigenvalue weighted by molar-refractivity contribution is 7.99. The van der Waals surface area contributed by atoms with Crippen molar-refractivity contribution in [1.82, 2.24) is 0 Å². The molecule has 0 fully saturated rings. The van der Waals surface area contributed by atoms with Gasteiger partial charge in [0.15, 0.2) is 0 Å². The number of nitro benzene ring substituents is 1. The first-order valence-corrected chi connectivity index (χ1v) is 6.19. The van der Waals surface area contributed by atoms with Crippen LogP contribution in [0.3, 0.4) is 0 Å². The van der Waals surface area contributed by atoms with Crippen LogP contribution in [0.25, 0.3) is 0 Å². The van der Waals surface area contributed by atoms with Crippen LogP contribution in [0.4, 0.5) is 11.4 Å². The Balaban J connectivity index is 2.72. The van der Waals surface area contributed by atoms with Crippen LogP contribution in [-0.4, -0.2) is 10.7 Å². The van der Waals surface area contributed by atoms with E-state index in [1.807, 2.05) is 0 Å². The van der Waals surface area contributed by atoms with Gasteiger partial charge in [0.2, 0.25) is 0 Å². The molecule has 1 aromatic rings. The zero-order valence-electron chi connectivity index (χ0n) is 9.47. The van der Waals surface area contributed by atoms with E-state index in [9.17, 15) is 10.1 Å². The molecular formula is C11H16N2O2S. The zero-order chi connectivity index (χ0) is 12.1. The fourth-order valence-electron chi connectivity index (χ4n) is 1.13. The van der Waals surface area contributed by atoms with Gasteiger partial charge >= 0.3 is 0 Å². The molecule has 0 amide bonds. The van der Waals surface area contributed by atoms with Gasteiger partial charge in [0, 0.05) is 22.8 Å². The minimum atomic E-state index is -0.431. The lowest BCUT2D eigenvalue weighted by Crippen LogP contribution is -1.97. The van der Waals surface area contributed by atoms with Gasteiger partial charge in [0.05, 0.1) is 10.6 Å². The minimum absolute atomic E-state index is 0.0467. The summed E-state index contributed by atoms with van der Waals surface area (Å²) >= 11 is 1.65. The summed E-state index contributed by atoms with van der Waals surface area (Å²) in [5, 5.41) is 10.5. The van der Waals surface area contributed by atoms with Gasteiger partial charge in [-0.3, -0.25) is 10.1 Å². The number of nitrogens with two attached hydrogens (primary N) is 1. The molecule has 0 aliphatic carbocycles. The molecule has 1 rings (SSSR count). The molecule has 2 N–H and O–H groups in total. The fraction of sp³-hybridized carbons (Fsp3) is 0.455. The van der Waals surface area contributed by atoms with Crippen LogP contribution >= 0.6 is 11.8 Å². The highest BCUT2D eigenvalue weighted by Crippen LogP contribution is 2.30. The van der Waals surface area contributed by atoms with Gasteiger partial charge in [-0.15, -0.1) is 11.8 Å². The van der Waals surface area contributed by atoms with Crippen molar-refractivity contribution < 1.29 is 4.92 Å². The van der Waals surface area contributed by atoms with Crippen molar-refractivity contribution >= 4 is 23.1 Å². The molecule has 1 unspecified atom stereocenters. The third-order valence-corrected chi connectivity index (χ3v) is 3.84. The lowest BCUT2D eigenvalue weighted by molar-refractivity contribution is -0.384. The highest BCUT2D eigenvalue weighted by atomic mass is 32.2. The first-order valence-electron chi connectivity index (χ1n) is 5.21. The van der Waals surface area contributed by atoms with Crippen molar-refractivity contribution in [2.75, 3.05) is 11.5 Å². The number of non-ortho nitro benzene ring substituents is 1. The van der Waals surface area contributed by atoms with E-state index in [1.54, 1.807) is 17.8 Å². The van der Waals surface area contributed by atoms with E-state index in [-0.39, 0.29) is 5.69 Å². The lowest BCUT2D eigenvalue weighted by Gasteiger charge is -2.09. The number of thioether (sulfide) groups is 1. The van der Waals surface area contributed by atoms with E-state index >= 15 is 0 Å². The fourth-order valence-corrected chi connectivity index (χ4v) is 2.22. The van der Waals surface area contributed by atoms with Crippen LogP contribution in [-0.2, 0) is 0 Å². The van der Waals surface area contributed by atoms with Gasteiger partial charge in [-0.2, -0.15) is 0 Å². The summed E-state index contributed by atoms with van der Waals surface area (Å²) in [5.41, 5.74) is 6.30. The van der Waals surface area contributed by atoms with Crippen molar-refractivity contribution in [3.8, 4) is 0 Å². The predicted molar refractivity (Wildman–Crippen MR) is 67.7 cm³/mol. The van der Waals surface area contributed by atoms with E-state index in [1.165, 1.54) is 12.1 Å². The van der Waals surface area contributed by atoms with Gasteiger partial charge in [-0.25, -0.2) is 0 Å². The number of anilines is 1. The van der Waals surface area contributed by atoms with Crippen molar-refractivity contribution in [2.45, 2.75) is 25.2 Å².